The van der Waals surface area contributed by atoms with Crippen molar-refractivity contribution in [1.82, 2.24) is 4.90 Å². The fourth-order valence-electron chi connectivity index (χ4n) is 3.14. The lowest BCUT2D eigenvalue weighted by Crippen LogP contribution is -2.29. The number of benzene rings is 1. The maximum atomic E-state index is 5.89. The van der Waals surface area contributed by atoms with E-state index in [1.54, 1.807) is 0 Å². The molecule has 3 rings (SSSR count). The van der Waals surface area contributed by atoms with Crippen molar-refractivity contribution in [1.29, 1.82) is 0 Å². The first-order valence-corrected chi connectivity index (χ1v) is 8.37. The third-order valence-corrected chi connectivity index (χ3v) is 4.26. The zero-order chi connectivity index (χ0) is 15.4. The molecule has 2 aliphatic rings. The van der Waals surface area contributed by atoms with E-state index in [0.717, 1.165) is 12.3 Å². The molecule has 4 nitrogen and oxygen atoms in total. The van der Waals surface area contributed by atoms with Crippen LogP contribution >= 0.6 is 0 Å². The van der Waals surface area contributed by atoms with Crippen molar-refractivity contribution in [2.24, 2.45) is 0 Å². The Morgan fingerprint density at radius 3 is 2.77 bits per heavy atom. The van der Waals surface area contributed by atoms with Crippen LogP contribution in [-0.4, -0.2) is 43.1 Å². The Labute approximate surface area is 133 Å². The second-order valence-electron chi connectivity index (χ2n) is 6.75. The Morgan fingerprint density at radius 2 is 2.05 bits per heavy atom. The number of likely N-dealkylation sites (tertiary alicyclic amines) is 1. The minimum Gasteiger partial charge on any atom is -0.491 e. The first kappa shape index (κ1) is 15.8. The minimum absolute atomic E-state index is 0.0146. The van der Waals surface area contributed by atoms with Gasteiger partial charge in [0.15, 0.2) is 5.79 Å². The number of hydrogen-bond donors (Lipinski definition) is 0. The van der Waals surface area contributed by atoms with Crippen molar-refractivity contribution < 1.29 is 14.2 Å². The summed E-state index contributed by atoms with van der Waals surface area (Å²) >= 11 is 0. The van der Waals surface area contributed by atoms with Gasteiger partial charge in [0.2, 0.25) is 0 Å². The van der Waals surface area contributed by atoms with E-state index in [9.17, 15) is 0 Å². The molecule has 0 spiro atoms. The van der Waals surface area contributed by atoms with Crippen LogP contribution < -0.4 is 4.74 Å². The Bertz CT molecular complexity index is 483. The SMILES string of the molecule is CC1(C)OC[C@H](COc2cccc(CN3CCCCC3)c2)O1. The predicted molar refractivity (Wildman–Crippen MR) is 86.0 cm³/mol. The molecule has 2 heterocycles. The second kappa shape index (κ2) is 6.99. The normalized spacial score (nSPS) is 25.3. The Kier molecular flexibility index (Phi) is 5.01. The van der Waals surface area contributed by atoms with Crippen LogP contribution in [-0.2, 0) is 16.0 Å². The summed E-state index contributed by atoms with van der Waals surface area (Å²) < 4.78 is 17.2. The lowest BCUT2D eigenvalue weighted by Gasteiger charge is -2.26. The molecule has 122 valence electrons. The molecule has 1 atom stereocenters. The lowest BCUT2D eigenvalue weighted by atomic mass is 10.1. The molecule has 0 saturated carbocycles. The van der Waals surface area contributed by atoms with Crippen molar-refractivity contribution in [2.45, 2.75) is 51.5 Å². The van der Waals surface area contributed by atoms with Gasteiger partial charge in [-0.05, 0) is 57.5 Å². The average molecular weight is 305 g/mol. The molecule has 22 heavy (non-hydrogen) atoms. The van der Waals surface area contributed by atoms with E-state index in [2.05, 4.69) is 23.1 Å². The monoisotopic (exact) mass is 305 g/mol. The number of piperidine rings is 1. The molecular weight excluding hydrogens is 278 g/mol. The maximum Gasteiger partial charge on any atom is 0.163 e. The standard InChI is InChI=1S/C18H27NO3/c1-18(2)21-14-17(22-18)13-20-16-8-6-7-15(11-16)12-19-9-4-3-5-10-19/h6-8,11,17H,3-5,9-10,12-14H2,1-2H3/t17-/m0/s1. The zero-order valence-electron chi connectivity index (χ0n) is 13.7. The van der Waals surface area contributed by atoms with E-state index >= 15 is 0 Å². The fraction of sp³-hybridized carbons (Fsp3) is 0.667. The van der Waals surface area contributed by atoms with Crippen LogP contribution in [0.3, 0.4) is 0 Å². The van der Waals surface area contributed by atoms with Gasteiger partial charge in [0.05, 0.1) is 6.61 Å². The third kappa shape index (κ3) is 4.45. The van der Waals surface area contributed by atoms with Crippen LogP contribution in [0, 0.1) is 0 Å². The first-order valence-electron chi connectivity index (χ1n) is 8.37. The van der Waals surface area contributed by atoms with Crippen LogP contribution in [0.1, 0.15) is 38.7 Å². The van der Waals surface area contributed by atoms with Gasteiger partial charge in [-0.15, -0.1) is 0 Å². The van der Waals surface area contributed by atoms with Gasteiger partial charge in [-0.1, -0.05) is 18.6 Å². The van der Waals surface area contributed by atoms with Crippen molar-refractivity contribution >= 4 is 0 Å². The van der Waals surface area contributed by atoms with E-state index in [0.29, 0.717) is 13.2 Å². The molecule has 4 heteroatoms. The number of hydrogen-bond acceptors (Lipinski definition) is 4. The van der Waals surface area contributed by atoms with Gasteiger partial charge in [0.1, 0.15) is 18.5 Å². The second-order valence-corrected chi connectivity index (χ2v) is 6.75. The summed E-state index contributed by atoms with van der Waals surface area (Å²) in [4.78, 5) is 2.53. The highest BCUT2D eigenvalue weighted by Crippen LogP contribution is 2.23. The van der Waals surface area contributed by atoms with Crippen molar-refractivity contribution in [3.05, 3.63) is 29.8 Å². The van der Waals surface area contributed by atoms with Crippen molar-refractivity contribution in [3.8, 4) is 5.75 Å². The highest BCUT2D eigenvalue weighted by Gasteiger charge is 2.32. The molecule has 0 bridgehead atoms. The Hall–Kier alpha value is -1.10. The van der Waals surface area contributed by atoms with E-state index in [4.69, 9.17) is 14.2 Å². The van der Waals surface area contributed by atoms with Gasteiger partial charge in [0, 0.05) is 6.54 Å². The molecule has 0 N–H and O–H groups in total. The van der Waals surface area contributed by atoms with E-state index in [-0.39, 0.29) is 6.10 Å². The smallest absolute Gasteiger partial charge is 0.163 e. The van der Waals surface area contributed by atoms with Gasteiger partial charge >= 0.3 is 0 Å². The van der Waals surface area contributed by atoms with E-state index in [1.807, 2.05) is 19.9 Å². The summed E-state index contributed by atoms with van der Waals surface area (Å²) in [5, 5.41) is 0. The summed E-state index contributed by atoms with van der Waals surface area (Å²) in [6.45, 7) is 8.46. The fourth-order valence-corrected chi connectivity index (χ4v) is 3.14. The summed E-state index contributed by atoms with van der Waals surface area (Å²) in [6.07, 6.45) is 4.04. The van der Waals surface area contributed by atoms with Gasteiger partial charge in [-0.3, -0.25) is 4.90 Å². The summed E-state index contributed by atoms with van der Waals surface area (Å²) in [7, 11) is 0. The number of ether oxygens (including phenoxy) is 3. The highest BCUT2D eigenvalue weighted by molar-refractivity contribution is 5.28. The number of rotatable bonds is 5. The predicted octanol–water partition coefficient (Wildman–Crippen LogP) is 3.20. The van der Waals surface area contributed by atoms with Gasteiger partial charge in [0.25, 0.3) is 0 Å². The zero-order valence-corrected chi connectivity index (χ0v) is 13.7. The van der Waals surface area contributed by atoms with Crippen molar-refractivity contribution in [3.63, 3.8) is 0 Å². The molecule has 0 radical (unpaired) electrons. The molecule has 2 saturated heterocycles. The maximum absolute atomic E-state index is 5.89. The molecule has 2 aliphatic heterocycles. The Morgan fingerprint density at radius 1 is 1.23 bits per heavy atom. The quantitative estimate of drug-likeness (QED) is 0.836. The average Bonchev–Trinajstić information content (AvgIpc) is 2.86. The first-order chi connectivity index (χ1) is 10.6. The summed E-state index contributed by atoms with van der Waals surface area (Å²) in [5.41, 5.74) is 1.32. The van der Waals surface area contributed by atoms with E-state index < -0.39 is 5.79 Å². The van der Waals surface area contributed by atoms with Gasteiger partial charge in [-0.25, -0.2) is 0 Å². The molecule has 1 aromatic rings. The van der Waals surface area contributed by atoms with Crippen LogP contribution in [0.4, 0.5) is 0 Å². The summed E-state index contributed by atoms with van der Waals surface area (Å²) in [5.74, 6) is 0.437. The van der Waals surface area contributed by atoms with Crippen LogP contribution in [0.5, 0.6) is 5.75 Å². The third-order valence-electron chi connectivity index (χ3n) is 4.26. The molecule has 2 fully saturated rings. The molecule has 1 aromatic carbocycles. The van der Waals surface area contributed by atoms with Gasteiger partial charge < -0.3 is 14.2 Å². The Balaban J connectivity index is 1.50. The molecule has 0 unspecified atom stereocenters. The van der Waals surface area contributed by atoms with Crippen LogP contribution in [0.25, 0.3) is 0 Å². The van der Waals surface area contributed by atoms with Crippen LogP contribution in [0.2, 0.25) is 0 Å². The van der Waals surface area contributed by atoms with Crippen molar-refractivity contribution in [2.75, 3.05) is 26.3 Å². The van der Waals surface area contributed by atoms with Crippen LogP contribution in [0.15, 0.2) is 24.3 Å². The van der Waals surface area contributed by atoms with E-state index in [1.165, 1.54) is 37.9 Å². The molecule has 0 amide bonds. The number of nitrogens with zero attached hydrogens (tertiary/aromatic N) is 1. The minimum atomic E-state index is -0.482. The summed E-state index contributed by atoms with van der Waals surface area (Å²) in [6, 6.07) is 8.42. The largest absolute Gasteiger partial charge is 0.491 e. The lowest BCUT2D eigenvalue weighted by molar-refractivity contribution is -0.141. The molecule has 0 aliphatic carbocycles. The molecule has 0 aromatic heterocycles. The van der Waals surface area contributed by atoms with Gasteiger partial charge in [-0.2, -0.15) is 0 Å². The highest BCUT2D eigenvalue weighted by atomic mass is 16.7. The topological polar surface area (TPSA) is 30.9 Å². The molecular formula is C18H27NO3.